The lowest BCUT2D eigenvalue weighted by Crippen LogP contribution is -2.46. The number of aromatic amines is 1. The minimum atomic E-state index is -0.675. The van der Waals surface area contributed by atoms with Crippen LogP contribution in [0.4, 0.5) is 4.79 Å². The molecule has 0 bridgehead atoms. The number of H-pyrrole nitrogens is 1. The van der Waals surface area contributed by atoms with Gasteiger partial charge in [-0.05, 0) is 36.3 Å². The van der Waals surface area contributed by atoms with Crippen LogP contribution < -0.4 is 5.32 Å². The van der Waals surface area contributed by atoms with Gasteiger partial charge >= 0.3 is 6.03 Å². The van der Waals surface area contributed by atoms with Gasteiger partial charge in [0.25, 0.3) is 0 Å². The van der Waals surface area contributed by atoms with Gasteiger partial charge in [-0.3, -0.25) is 5.10 Å². The molecule has 0 saturated carbocycles. The lowest BCUT2D eigenvalue weighted by atomic mass is 9.68. The maximum Gasteiger partial charge on any atom is 0.317 e. The molecule has 1 saturated heterocycles. The quantitative estimate of drug-likeness (QED) is 0.781. The first kappa shape index (κ1) is 18.0. The summed E-state index contributed by atoms with van der Waals surface area (Å²) in [6, 6.07) is 3.62. The minimum Gasteiger partial charge on any atom is -0.388 e. The molecule has 1 aliphatic heterocycles. The van der Waals surface area contributed by atoms with Crippen LogP contribution in [0.2, 0.25) is 5.02 Å². The molecule has 1 atom stereocenters. The van der Waals surface area contributed by atoms with Crippen molar-refractivity contribution in [2.24, 2.45) is 11.3 Å². The van der Waals surface area contributed by atoms with Crippen molar-refractivity contribution < 1.29 is 9.90 Å². The summed E-state index contributed by atoms with van der Waals surface area (Å²) >= 11 is 6.23. The third-order valence-corrected chi connectivity index (χ3v) is 5.81. The Kier molecular flexibility index (Phi) is 4.93. The number of aromatic nitrogens is 2. The third-order valence-electron chi connectivity index (χ3n) is 5.59. The third kappa shape index (κ3) is 3.33. The fourth-order valence-corrected chi connectivity index (χ4v) is 4.11. The fourth-order valence-electron chi connectivity index (χ4n) is 3.87. The van der Waals surface area contributed by atoms with Gasteiger partial charge in [0.05, 0.1) is 17.8 Å². The molecule has 3 N–H and O–H groups in total. The van der Waals surface area contributed by atoms with Gasteiger partial charge in [-0.15, -0.1) is 0 Å². The number of carbonyl (C=O) groups excluding carboxylic acids is 1. The Labute approximate surface area is 152 Å². The first-order valence-electron chi connectivity index (χ1n) is 8.62. The van der Waals surface area contributed by atoms with E-state index in [1.807, 2.05) is 17.0 Å². The Morgan fingerprint density at radius 2 is 2.12 bits per heavy atom. The number of halogens is 1. The van der Waals surface area contributed by atoms with Gasteiger partial charge in [0.15, 0.2) is 0 Å². The molecule has 136 valence electrons. The number of hydrogen-bond donors (Lipinski definition) is 3. The maximum absolute atomic E-state index is 11.8. The van der Waals surface area contributed by atoms with E-state index in [-0.39, 0.29) is 11.4 Å². The standard InChI is InChI=1S/C18H25ClN4O2/c1-18(2,12-4-6-23(7-5-12)17(25)20-3)16(24)14-9-13(19)8-11-10-21-22-15(11)14/h8-10,12,16,24H,4-7H2,1-3H3,(H,20,25)(H,21,22)/t16-/m1/s1. The zero-order chi connectivity index (χ0) is 18.2. The van der Waals surface area contributed by atoms with E-state index in [1.165, 1.54) is 0 Å². The molecule has 25 heavy (non-hydrogen) atoms. The molecule has 6 nitrogen and oxygen atoms in total. The van der Waals surface area contributed by atoms with E-state index in [1.54, 1.807) is 13.2 Å². The van der Waals surface area contributed by atoms with E-state index in [0.717, 1.165) is 29.3 Å². The number of rotatable bonds is 3. The van der Waals surface area contributed by atoms with Crippen LogP contribution in [-0.2, 0) is 0 Å². The van der Waals surface area contributed by atoms with Crippen LogP contribution in [0.3, 0.4) is 0 Å². The van der Waals surface area contributed by atoms with Crippen molar-refractivity contribution in [2.45, 2.75) is 32.8 Å². The molecule has 1 aliphatic rings. The van der Waals surface area contributed by atoms with Crippen molar-refractivity contribution in [1.82, 2.24) is 20.4 Å². The fraction of sp³-hybridized carbons (Fsp3) is 0.556. The second kappa shape index (κ2) is 6.84. The highest BCUT2D eigenvalue weighted by atomic mass is 35.5. The number of benzene rings is 1. The van der Waals surface area contributed by atoms with Crippen LogP contribution >= 0.6 is 11.6 Å². The molecule has 2 heterocycles. The highest BCUT2D eigenvalue weighted by molar-refractivity contribution is 6.31. The lowest BCUT2D eigenvalue weighted by molar-refractivity contribution is -0.0142. The molecular weight excluding hydrogens is 340 g/mol. The van der Waals surface area contributed by atoms with Gasteiger partial charge in [-0.1, -0.05) is 25.4 Å². The van der Waals surface area contributed by atoms with Crippen molar-refractivity contribution in [3.05, 3.63) is 28.9 Å². The SMILES string of the molecule is CNC(=O)N1CCC(C(C)(C)[C@H](O)c2cc(Cl)cc3cn[nH]c23)CC1. The van der Waals surface area contributed by atoms with Gasteiger partial charge in [-0.2, -0.15) is 5.10 Å². The molecule has 0 unspecified atom stereocenters. The summed E-state index contributed by atoms with van der Waals surface area (Å²) in [5.41, 5.74) is 1.25. The lowest BCUT2D eigenvalue weighted by Gasteiger charge is -2.43. The molecule has 0 spiro atoms. The van der Waals surface area contributed by atoms with Crippen LogP contribution in [0.25, 0.3) is 10.9 Å². The minimum absolute atomic E-state index is 0.0363. The number of piperidine rings is 1. The van der Waals surface area contributed by atoms with E-state index in [4.69, 9.17) is 11.6 Å². The largest absolute Gasteiger partial charge is 0.388 e. The number of carbonyl (C=O) groups is 1. The monoisotopic (exact) mass is 364 g/mol. The summed E-state index contributed by atoms with van der Waals surface area (Å²) in [5.74, 6) is 0.306. The molecule has 1 aromatic carbocycles. The van der Waals surface area contributed by atoms with E-state index in [0.29, 0.717) is 24.0 Å². The van der Waals surface area contributed by atoms with Gasteiger partial charge in [0, 0.05) is 36.1 Å². The highest BCUT2D eigenvalue weighted by Gasteiger charge is 2.40. The second-order valence-electron chi connectivity index (χ2n) is 7.37. The van der Waals surface area contributed by atoms with Crippen LogP contribution in [0.1, 0.15) is 38.4 Å². The van der Waals surface area contributed by atoms with Crippen LogP contribution in [0, 0.1) is 11.3 Å². The van der Waals surface area contributed by atoms with Gasteiger partial charge < -0.3 is 15.3 Å². The number of nitrogens with one attached hydrogen (secondary N) is 2. The van der Waals surface area contributed by atoms with Crippen LogP contribution in [-0.4, -0.2) is 46.4 Å². The van der Waals surface area contributed by atoms with Gasteiger partial charge in [0.1, 0.15) is 0 Å². The van der Waals surface area contributed by atoms with E-state index in [2.05, 4.69) is 29.4 Å². The first-order valence-corrected chi connectivity index (χ1v) is 8.99. The number of urea groups is 1. The predicted molar refractivity (Wildman–Crippen MR) is 98.6 cm³/mol. The average Bonchev–Trinajstić information content (AvgIpc) is 3.08. The smallest absolute Gasteiger partial charge is 0.317 e. The van der Waals surface area contributed by atoms with Crippen LogP contribution in [0.15, 0.2) is 18.3 Å². The number of nitrogens with zero attached hydrogens (tertiary/aromatic N) is 2. The zero-order valence-electron chi connectivity index (χ0n) is 14.8. The van der Waals surface area contributed by atoms with E-state index in [9.17, 15) is 9.90 Å². The zero-order valence-corrected chi connectivity index (χ0v) is 15.6. The number of likely N-dealkylation sites (tertiary alicyclic amines) is 1. The molecule has 2 aromatic rings. The van der Waals surface area contributed by atoms with Crippen molar-refractivity contribution in [3.63, 3.8) is 0 Å². The highest BCUT2D eigenvalue weighted by Crippen LogP contribution is 2.46. The van der Waals surface area contributed by atoms with Crippen molar-refractivity contribution in [2.75, 3.05) is 20.1 Å². The van der Waals surface area contributed by atoms with E-state index < -0.39 is 6.10 Å². The maximum atomic E-state index is 11.8. The normalized spacial score (nSPS) is 17.7. The van der Waals surface area contributed by atoms with Crippen molar-refractivity contribution in [1.29, 1.82) is 0 Å². The molecule has 0 aliphatic carbocycles. The van der Waals surface area contributed by atoms with Crippen molar-refractivity contribution in [3.8, 4) is 0 Å². The first-order chi connectivity index (χ1) is 11.8. The summed E-state index contributed by atoms with van der Waals surface area (Å²) in [7, 11) is 1.65. The summed E-state index contributed by atoms with van der Waals surface area (Å²) in [5, 5.41) is 22.4. The summed E-state index contributed by atoms with van der Waals surface area (Å²) in [4.78, 5) is 13.6. The van der Waals surface area contributed by atoms with Gasteiger partial charge in [0.2, 0.25) is 0 Å². The van der Waals surface area contributed by atoms with E-state index >= 15 is 0 Å². The average molecular weight is 365 g/mol. The molecule has 7 heteroatoms. The second-order valence-corrected chi connectivity index (χ2v) is 7.81. The molecule has 1 aromatic heterocycles. The molecule has 3 rings (SSSR count). The topological polar surface area (TPSA) is 81.2 Å². The summed E-state index contributed by atoms with van der Waals surface area (Å²) < 4.78 is 0. The molecular formula is C18H25ClN4O2. The Balaban J connectivity index is 1.82. The summed E-state index contributed by atoms with van der Waals surface area (Å²) in [6.07, 6.45) is 2.77. The predicted octanol–water partition coefficient (Wildman–Crippen LogP) is 3.33. The van der Waals surface area contributed by atoms with Crippen LogP contribution in [0.5, 0.6) is 0 Å². The Bertz CT molecular complexity index is 766. The Morgan fingerprint density at radius 3 is 2.76 bits per heavy atom. The molecule has 0 radical (unpaired) electrons. The Hall–Kier alpha value is -1.79. The number of fused-ring (bicyclic) bond motifs is 1. The number of amides is 2. The Morgan fingerprint density at radius 1 is 1.44 bits per heavy atom. The molecule has 1 fully saturated rings. The summed E-state index contributed by atoms with van der Waals surface area (Å²) in [6.45, 7) is 5.58. The van der Waals surface area contributed by atoms with Crippen molar-refractivity contribution >= 4 is 28.5 Å². The number of hydrogen-bond acceptors (Lipinski definition) is 3. The van der Waals surface area contributed by atoms with Gasteiger partial charge in [-0.25, -0.2) is 4.79 Å². The number of aliphatic hydroxyl groups is 1. The number of aliphatic hydroxyl groups excluding tert-OH is 1. The molecule has 2 amide bonds.